The molecule has 2 aliphatic heterocycles. The molecule has 4 nitrogen and oxygen atoms in total. The largest absolute Gasteiger partial charge is 0.351 e. The molecule has 0 aromatic carbocycles. The van der Waals surface area contributed by atoms with Crippen molar-refractivity contribution < 1.29 is 0 Å². The summed E-state index contributed by atoms with van der Waals surface area (Å²) in [6, 6.07) is 2.29. The van der Waals surface area contributed by atoms with Gasteiger partial charge in [-0.25, -0.2) is 4.98 Å². The van der Waals surface area contributed by atoms with Crippen molar-refractivity contribution in [1.29, 1.82) is 0 Å². The molecule has 104 valence electrons. The lowest BCUT2D eigenvalue weighted by molar-refractivity contribution is 0.513. The highest BCUT2D eigenvalue weighted by molar-refractivity contribution is 5.50. The van der Waals surface area contributed by atoms with Gasteiger partial charge in [-0.15, -0.1) is 0 Å². The predicted octanol–water partition coefficient (Wildman–Crippen LogP) is 1.78. The Bertz CT molecular complexity index is 481. The Labute approximate surface area is 115 Å². The normalized spacial score (nSPS) is 20.9. The third-order valence-electron chi connectivity index (χ3n) is 4.43. The van der Waals surface area contributed by atoms with Crippen molar-refractivity contribution in [2.45, 2.75) is 51.9 Å². The van der Waals surface area contributed by atoms with Gasteiger partial charge in [0.25, 0.3) is 0 Å². The minimum Gasteiger partial charge on any atom is -0.351 e. The maximum atomic E-state index is 4.94. The molecule has 0 amide bonds. The predicted molar refractivity (Wildman–Crippen MR) is 78.2 cm³/mol. The van der Waals surface area contributed by atoms with E-state index in [2.05, 4.69) is 35.4 Å². The van der Waals surface area contributed by atoms with E-state index in [0.29, 0.717) is 0 Å². The van der Waals surface area contributed by atoms with Gasteiger partial charge in [-0.2, -0.15) is 0 Å². The first-order valence-corrected chi connectivity index (χ1v) is 7.26. The van der Waals surface area contributed by atoms with E-state index in [4.69, 9.17) is 4.98 Å². The molecule has 0 radical (unpaired) electrons. The van der Waals surface area contributed by atoms with Crippen LogP contribution in [-0.2, 0) is 19.6 Å². The van der Waals surface area contributed by atoms with Crippen LogP contribution in [0, 0.1) is 0 Å². The maximum Gasteiger partial charge on any atom is 0.129 e. The first-order valence-electron chi connectivity index (χ1n) is 7.26. The molecule has 19 heavy (non-hydrogen) atoms. The van der Waals surface area contributed by atoms with E-state index in [0.717, 1.165) is 32.0 Å². The highest BCUT2D eigenvalue weighted by atomic mass is 15.3. The van der Waals surface area contributed by atoms with Gasteiger partial charge in [0.05, 0.1) is 5.69 Å². The first-order chi connectivity index (χ1) is 9.12. The standard InChI is InChI=1S/C15H24N4/c1-15(2)5-4-6-19(15)14-7-11-8-17-9-12(11)13(18-14)10-16-3/h7,16-17H,4-6,8-10H2,1-3H3. The number of fused-ring (bicyclic) bond motifs is 1. The SMILES string of the molecule is CNCc1nc(N2CCCC2(C)C)cc2c1CNC2. The van der Waals surface area contributed by atoms with Crippen molar-refractivity contribution in [2.75, 3.05) is 18.5 Å². The highest BCUT2D eigenvalue weighted by Crippen LogP contribution is 2.34. The molecule has 0 spiro atoms. The van der Waals surface area contributed by atoms with Crippen LogP contribution >= 0.6 is 0 Å². The van der Waals surface area contributed by atoms with Gasteiger partial charge in [0.1, 0.15) is 5.82 Å². The van der Waals surface area contributed by atoms with Crippen LogP contribution in [0.3, 0.4) is 0 Å². The smallest absolute Gasteiger partial charge is 0.129 e. The summed E-state index contributed by atoms with van der Waals surface area (Å²) in [4.78, 5) is 7.41. The molecule has 0 bridgehead atoms. The van der Waals surface area contributed by atoms with Crippen LogP contribution in [0.25, 0.3) is 0 Å². The second-order valence-corrected chi connectivity index (χ2v) is 6.27. The van der Waals surface area contributed by atoms with Crippen LogP contribution in [-0.4, -0.2) is 24.1 Å². The quantitative estimate of drug-likeness (QED) is 0.869. The van der Waals surface area contributed by atoms with Gasteiger partial charge >= 0.3 is 0 Å². The summed E-state index contributed by atoms with van der Waals surface area (Å²) in [5.74, 6) is 1.16. The van der Waals surface area contributed by atoms with E-state index in [1.807, 2.05) is 7.05 Å². The molecule has 0 saturated carbocycles. The number of pyridine rings is 1. The molecule has 1 aromatic rings. The lowest BCUT2D eigenvalue weighted by Crippen LogP contribution is -2.39. The number of hydrogen-bond acceptors (Lipinski definition) is 4. The van der Waals surface area contributed by atoms with E-state index >= 15 is 0 Å². The Morgan fingerprint density at radius 3 is 2.95 bits per heavy atom. The second kappa shape index (κ2) is 4.76. The van der Waals surface area contributed by atoms with Gasteiger partial charge in [0.2, 0.25) is 0 Å². The van der Waals surface area contributed by atoms with Crippen LogP contribution < -0.4 is 15.5 Å². The average molecular weight is 260 g/mol. The lowest BCUT2D eigenvalue weighted by atomic mass is 10.0. The molecule has 3 rings (SSSR count). The van der Waals surface area contributed by atoms with Gasteiger partial charge in [0, 0.05) is 31.7 Å². The van der Waals surface area contributed by atoms with E-state index in [-0.39, 0.29) is 5.54 Å². The van der Waals surface area contributed by atoms with E-state index in [9.17, 15) is 0 Å². The Morgan fingerprint density at radius 2 is 2.26 bits per heavy atom. The molecular weight excluding hydrogens is 236 g/mol. The van der Waals surface area contributed by atoms with Gasteiger partial charge in [-0.1, -0.05) is 0 Å². The highest BCUT2D eigenvalue weighted by Gasteiger charge is 2.33. The molecule has 0 unspecified atom stereocenters. The molecule has 2 N–H and O–H groups in total. The summed E-state index contributed by atoms with van der Waals surface area (Å²) >= 11 is 0. The molecule has 3 heterocycles. The van der Waals surface area contributed by atoms with Crippen LogP contribution in [0.1, 0.15) is 43.5 Å². The number of anilines is 1. The molecule has 0 atom stereocenters. The molecule has 1 fully saturated rings. The zero-order valence-corrected chi connectivity index (χ0v) is 12.2. The molecule has 1 aromatic heterocycles. The van der Waals surface area contributed by atoms with Crippen molar-refractivity contribution in [3.8, 4) is 0 Å². The number of aromatic nitrogens is 1. The lowest BCUT2D eigenvalue weighted by Gasteiger charge is -2.33. The minimum atomic E-state index is 0.240. The third-order valence-corrected chi connectivity index (χ3v) is 4.43. The second-order valence-electron chi connectivity index (χ2n) is 6.27. The van der Waals surface area contributed by atoms with Crippen LogP contribution in [0.2, 0.25) is 0 Å². The van der Waals surface area contributed by atoms with Crippen LogP contribution in [0.5, 0.6) is 0 Å². The molecular formula is C15H24N4. The van der Waals surface area contributed by atoms with E-state index in [1.165, 1.54) is 29.7 Å². The van der Waals surface area contributed by atoms with Crippen LogP contribution in [0.15, 0.2) is 6.07 Å². The zero-order chi connectivity index (χ0) is 13.5. The van der Waals surface area contributed by atoms with Crippen molar-refractivity contribution >= 4 is 5.82 Å². The summed E-state index contributed by atoms with van der Waals surface area (Å²) in [5.41, 5.74) is 4.28. The first kappa shape index (κ1) is 12.9. The zero-order valence-electron chi connectivity index (χ0n) is 12.2. The monoisotopic (exact) mass is 260 g/mol. The Balaban J connectivity index is 2.00. The van der Waals surface area contributed by atoms with Crippen molar-refractivity contribution in [1.82, 2.24) is 15.6 Å². The minimum absolute atomic E-state index is 0.240. The van der Waals surface area contributed by atoms with Gasteiger partial charge in [0.15, 0.2) is 0 Å². The molecule has 0 aliphatic carbocycles. The van der Waals surface area contributed by atoms with Gasteiger partial charge < -0.3 is 15.5 Å². The summed E-state index contributed by atoms with van der Waals surface area (Å²) in [7, 11) is 1.99. The number of hydrogen-bond donors (Lipinski definition) is 2. The summed E-state index contributed by atoms with van der Waals surface area (Å²) in [6.07, 6.45) is 2.52. The topological polar surface area (TPSA) is 40.2 Å². The molecule has 1 saturated heterocycles. The number of nitrogens with zero attached hydrogens (tertiary/aromatic N) is 2. The van der Waals surface area contributed by atoms with Gasteiger partial charge in [-0.05, 0) is 50.9 Å². The molecule has 4 heteroatoms. The summed E-state index contributed by atoms with van der Waals surface area (Å²) in [5, 5.41) is 6.68. The fourth-order valence-corrected chi connectivity index (χ4v) is 3.35. The number of nitrogens with one attached hydrogen (secondary N) is 2. The van der Waals surface area contributed by atoms with Gasteiger partial charge in [-0.3, -0.25) is 0 Å². The maximum absolute atomic E-state index is 4.94. The summed E-state index contributed by atoms with van der Waals surface area (Å²) < 4.78 is 0. The van der Waals surface area contributed by atoms with Crippen LogP contribution in [0.4, 0.5) is 5.82 Å². The van der Waals surface area contributed by atoms with Crippen molar-refractivity contribution in [3.05, 3.63) is 22.9 Å². The Morgan fingerprint density at radius 1 is 1.42 bits per heavy atom. The van der Waals surface area contributed by atoms with E-state index < -0.39 is 0 Å². The van der Waals surface area contributed by atoms with Crippen molar-refractivity contribution in [2.24, 2.45) is 0 Å². The Hall–Kier alpha value is -1.13. The fraction of sp³-hybridized carbons (Fsp3) is 0.667. The van der Waals surface area contributed by atoms with Crippen molar-refractivity contribution in [3.63, 3.8) is 0 Å². The number of rotatable bonds is 3. The summed E-state index contributed by atoms with van der Waals surface area (Å²) in [6.45, 7) is 8.58. The fourth-order valence-electron chi connectivity index (χ4n) is 3.35. The average Bonchev–Trinajstić information content (AvgIpc) is 2.95. The third kappa shape index (κ3) is 2.23. The Kier molecular flexibility index (Phi) is 3.23. The van der Waals surface area contributed by atoms with E-state index in [1.54, 1.807) is 0 Å². The molecule has 2 aliphatic rings.